The van der Waals surface area contributed by atoms with Crippen LogP contribution in [0, 0.1) is 0 Å². The fraction of sp³-hybridized carbons (Fsp3) is 0.625. The van der Waals surface area contributed by atoms with Crippen molar-refractivity contribution in [3.05, 3.63) is 35.9 Å². The molecule has 18 heavy (non-hydrogen) atoms. The minimum Gasteiger partial charge on any atom is -0.313 e. The van der Waals surface area contributed by atoms with Crippen LogP contribution in [-0.4, -0.2) is 37.6 Å². The van der Waals surface area contributed by atoms with E-state index in [1.54, 1.807) is 0 Å². The Kier molecular flexibility index (Phi) is 5.21. The molecule has 2 nitrogen and oxygen atoms in total. The first kappa shape index (κ1) is 13.6. The highest BCUT2D eigenvalue weighted by Gasteiger charge is 2.20. The number of benzene rings is 1. The van der Waals surface area contributed by atoms with E-state index in [1.807, 2.05) is 0 Å². The first-order valence-corrected chi connectivity index (χ1v) is 7.26. The molecule has 1 atom stereocenters. The van der Waals surface area contributed by atoms with Gasteiger partial charge in [-0.1, -0.05) is 37.3 Å². The standard InChI is InChI=1S/C16H26N2/c1-3-14(15-7-5-4-6-8-15)13-18(2)12-11-17-16-9-10-16/h4-8,14,16-17H,3,9-13H2,1-2H3. The number of likely N-dealkylation sites (N-methyl/N-ethyl adjacent to an activating group) is 1. The van der Waals surface area contributed by atoms with Crippen LogP contribution in [-0.2, 0) is 0 Å². The van der Waals surface area contributed by atoms with Crippen LogP contribution in [0.25, 0.3) is 0 Å². The Morgan fingerprint density at radius 2 is 2.00 bits per heavy atom. The van der Waals surface area contributed by atoms with E-state index >= 15 is 0 Å². The molecule has 0 amide bonds. The van der Waals surface area contributed by atoms with Gasteiger partial charge in [-0.15, -0.1) is 0 Å². The number of hydrogen-bond donors (Lipinski definition) is 1. The van der Waals surface area contributed by atoms with Crippen LogP contribution in [0.3, 0.4) is 0 Å². The summed E-state index contributed by atoms with van der Waals surface area (Å²) in [5.74, 6) is 0.664. The lowest BCUT2D eigenvalue weighted by Gasteiger charge is -2.23. The molecule has 1 aliphatic rings. The fourth-order valence-electron chi connectivity index (χ4n) is 2.41. The zero-order chi connectivity index (χ0) is 12.8. The Bertz CT molecular complexity index is 332. The van der Waals surface area contributed by atoms with Crippen molar-refractivity contribution in [2.75, 3.05) is 26.7 Å². The first-order chi connectivity index (χ1) is 8.79. The first-order valence-electron chi connectivity index (χ1n) is 7.26. The highest BCUT2D eigenvalue weighted by atomic mass is 15.1. The van der Waals surface area contributed by atoms with E-state index in [4.69, 9.17) is 0 Å². The molecule has 0 aromatic heterocycles. The Morgan fingerprint density at radius 3 is 2.61 bits per heavy atom. The van der Waals surface area contributed by atoms with Crippen molar-refractivity contribution in [3.63, 3.8) is 0 Å². The van der Waals surface area contributed by atoms with E-state index in [-0.39, 0.29) is 0 Å². The molecule has 1 aromatic carbocycles. The van der Waals surface area contributed by atoms with Crippen LogP contribution in [0.1, 0.15) is 37.7 Å². The van der Waals surface area contributed by atoms with Crippen molar-refractivity contribution in [1.82, 2.24) is 10.2 Å². The zero-order valence-electron chi connectivity index (χ0n) is 11.7. The van der Waals surface area contributed by atoms with Crippen molar-refractivity contribution in [2.45, 2.75) is 38.1 Å². The maximum absolute atomic E-state index is 3.58. The predicted molar refractivity (Wildman–Crippen MR) is 78.0 cm³/mol. The van der Waals surface area contributed by atoms with Crippen LogP contribution >= 0.6 is 0 Å². The summed E-state index contributed by atoms with van der Waals surface area (Å²) in [5, 5.41) is 3.58. The molecule has 0 saturated heterocycles. The summed E-state index contributed by atoms with van der Waals surface area (Å²) in [6, 6.07) is 11.7. The van der Waals surface area contributed by atoms with Gasteiger partial charge in [0.05, 0.1) is 0 Å². The molecule has 1 saturated carbocycles. The topological polar surface area (TPSA) is 15.3 Å². The van der Waals surface area contributed by atoms with Crippen molar-refractivity contribution >= 4 is 0 Å². The number of rotatable bonds is 8. The van der Waals surface area contributed by atoms with Gasteiger partial charge in [0.1, 0.15) is 0 Å². The summed E-state index contributed by atoms with van der Waals surface area (Å²) in [6.07, 6.45) is 3.97. The summed E-state index contributed by atoms with van der Waals surface area (Å²) < 4.78 is 0. The molecule has 0 aliphatic heterocycles. The fourth-order valence-corrected chi connectivity index (χ4v) is 2.41. The highest BCUT2D eigenvalue weighted by Crippen LogP contribution is 2.20. The Morgan fingerprint density at radius 1 is 1.28 bits per heavy atom. The quantitative estimate of drug-likeness (QED) is 0.759. The van der Waals surface area contributed by atoms with Gasteiger partial charge in [0, 0.05) is 25.7 Å². The van der Waals surface area contributed by atoms with Crippen LogP contribution in [0.4, 0.5) is 0 Å². The maximum Gasteiger partial charge on any atom is 0.0104 e. The van der Waals surface area contributed by atoms with Gasteiger partial charge in [0.15, 0.2) is 0 Å². The molecule has 0 radical (unpaired) electrons. The second-order valence-electron chi connectivity index (χ2n) is 5.51. The van der Waals surface area contributed by atoms with Gasteiger partial charge in [0.2, 0.25) is 0 Å². The monoisotopic (exact) mass is 246 g/mol. The molecular weight excluding hydrogens is 220 g/mol. The van der Waals surface area contributed by atoms with Crippen LogP contribution in [0.15, 0.2) is 30.3 Å². The van der Waals surface area contributed by atoms with Crippen LogP contribution in [0.2, 0.25) is 0 Å². The van der Waals surface area contributed by atoms with E-state index in [0.717, 1.165) is 25.7 Å². The summed E-state index contributed by atoms with van der Waals surface area (Å²) in [5.41, 5.74) is 1.47. The van der Waals surface area contributed by atoms with Crippen molar-refractivity contribution in [1.29, 1.82) is 0 Å². The molecule has 2 heteroatoms. The summed E-state index contributed by atoms with van der Waals surface area (Å²) >= 11 is 0. The van der Waals surface area contributed by atoms with E-state index in [2.05, 4.69) is 54.5 Å². The lowest BCUT2D eigenvalue weighted by molar-refractivity contribution is 0.305. The van der Waals surface area contributed by atoms with Crippen LogP contribution in [0.5, 0.6) is 0 Å². The van der Waals surface area contributed by atoms with E-state index in [0.29, 0.717) is 5.92 Å². The van der Waals surface area contributed by atoms with E-state index < -0.39 is 0 Å². The minimum atomic E-state index is 0.664. The molecule has 1 N–H and O–H groups in total. The number of hydrogen-bond acceptors (Lipinski definition) is 2. The largest absolute Gasteiger partial charge is 0.313 e. The van der Waals surface area contributed by atoms with Gasteiger partial charge in [-0.05, 0) is 37.8 Å². The van der Waals surface area contributed by atoms with Gasteiger partial charge in [0.25, 0.3) is 0 Å². The Labute approximate surface area is 111 Å². The summed E-state index contributed by atoms with van der Waals surface area (Å²) in [6.45, 7) is 5.73. The zero-order valence-corrected chi connectivity index (χ0v) is 11.7. The number of nitrogens with zero attached hydrogens (tertiary/aromatic N) is 1. The Balaban J connectivity index is 1.74. The lowest BCUT2D eigenvalue weighted by Crippen LogP contribution is -2.32. The molecule has 1 aromatic rings. The van der Waals surface area contributed by atoms with Crippen molar-refractivity contribution < 1.29 is 0 Å². The van der Waals surface area contributed by atoms with Crippen LogP contribution < -0.4 is 5.32 Å². The second kappa shape index (κ2) is 6.91. The molecule has 2 rings (SSSR count). The van der Waals surface area contributed by atoms with Crippen molar-refractivity contribution in [2.24, 2.45) is 0 Å². The van der Waals surface area contributed by atoms with E-state index in [9.17, 15) is 0 Å². The third kappa shape index (κ3) is 4.43. The molecule has 1 fully saturated rings. The SMILES string of the molecule is CCC(CN(C)CCNC1CC1)c1ccccc1. The Hall–Kier alpha value is -0.860. The molecular formula is C16H26N2. The van der Waals surface area contributed by atoms with Gasteiger partial charge < -0.3 is 10.2 Å². The highest BCUT2D eigenvalue weighted by molar-refractivity contribution is 5.19. The maximum atomic E-state index is 3.58. The van der Waals surface area contributed by atoms with E-state index in [1.165, 1.54) is 24.8 Å². The lowest BCUT2D eigenvalue weighted by atomic mass is 9.96. The normalized spacial score (nSPS) is 17.1. The van der Waals surface area contributed by atoms with Gasteiger partial charge >= 0.3 is 0 Å². The third-order valence-corrected chi connectivity index (χ3v) is 3.80. The third-order valence-electron chi connectivity index (χ3n) is 3.80. The molecule has 100 valence electrons. The van der Waals surface area contributed by atoms with Gasteiger partial charge in [-0.2, -0.15) is 0 Å². The molecule has 1 unspecified atom stereocenters. The average molecular weight is 246 g/mol. The summed E-state index contributed by atoms with van der Waals surface area (Å²) in [4.78, 5) is 2.45. The predicted octanol–water partition coefficient (Wildman–Crippen LogP) is 2.86. The molecule has 0 bridgehead atoms. The average Bonchev–Trinajstić information content (AvgIpc) is 3.21. The number of nitrogens with one attached hydrogen (secondary N) is 1. The molecule has 0 spiro atoms. The summed E-state index contributed by atoms with van der Waals surface area (Å²) in [7, 11) is 2.24. The van der Waals surface area contributed by atoms with Gasteiger partial charge in [-0.3, -0.25) is 0 Å². The molecule has 1 aliphatic carbocycles. The molecule has 0 heterocycles. The van der Waals surface area contributed by atoms with Crippen molar-refractivity contribution in [3.8, 4) is 0 Å². The smallest absolute Gasteiger partial charge is 0.0104 e. The van der Waals surface area contributed by atoms with Gasteiger partial charge in [-0.25, -0.2) is 0 Å². The minimum absolute atomic E-state index is 0.664. The second-order valence-corrected chi connectivity index (χ2v) is 5.51.